The van der Waals surface area contributed by atoms with Gasteiger partial charge in [-0.15, -0.1) is 0 Å². The van der Waals surface area contributed by atoms with Gasteiger partial charge in [0.15, 0.2) is 0 Å². The van der Waals surface area contributed by atoms with Crippen LogP contribution in [0.1, 0.15) is 22.5 Å². The van der Waals surface area contributed by atoms with Gasteiger partial charge in [0.25, 0.3) is 0 Å². The van der Waals surface area contributed by atoms with Gasteiger partial charge in [-0.25, -0.2) is 4.39 Å². The molecule has 1 aromatic heterocycles. The van der Waals surface area contributed by atoms with E-state index in [9.17, 15) is 9.65 Å². The van der Waals surface area contributed by atoms with E-state index in [2.05, 4.69) is 10.6 Å². The van der Waals surface area contributed by atoms with E-state index < -0.39 is 0 Å². The van der Waals surface area contributed by atoms with Crippen LogP contribution in [0.15, 0.2) is 60.7 Å². The minimum Gasteiger partial charge on any atom is -0.318 e. The zero-order chi connectivity index (χ0) is 17.1. The van der Waals surface area contributed by atoms with Gasteiger partial charge >= 0.3 is 0 Å². The molecule has 0 saturated carbocycles. The topological polar surface area (TPSA) is 28.7 Å². The van der Waals surface area contributed by atoms with Gasteiger partial charge in [-0.3, -0.25) is 0 Å². The number of benzene rings is 2. The molecule has 3 aromatic rings. The summed E-state index contributed by atoms with van der Waals surface area (Å²) in [6, 6.07) is 20.3. The summed E-state index contributed by atoms with van der Waals surface area (Å²) in [5, 5.41) is 9.49. The zero-order valence-electron chi connectivity index (χ0n) is 13.6. The van der Waals surface area contributed by atoms with E-state index in [1.54, 1.807) is 12.1 Å². The van der Waals surface area contributed by atoms with Crippen molar-refractivity contribution in [1.82, 2.24) is 4.57 Å². The first kappa shape index (κ1) is 15.8. The fourth-order valence-corrected chi connectivity index (χ4v) is 2.87. The Kier molecular flexibility index (Phi) is 4.31. The summed E-state index contributed by atoms with van der Waals surface area (Å²) in [6.07, 6.45) is 1.90. The lowest BCUT2D eigenvalue weighted by Gasteiger charge is -2.09. The summed E-state index contributed by atoms with van der Waals surface area (Å²) in [7, 11) is 0. The monoisotopic (exact) mass is 316 g/mol. The average Bonchev–Trinajstić information content (AvgIpc) is 2.88. The van der Waals surface area contributed by atoms with E-state index >= 15 is 0 Å². The summed E-state index contributed by atoms with van der Waals surface area (Å²) in [5.41, 5.74) is 5.46. The van der Waals surface area contributed by atoms with Crippen LogP contribution in [0.3, 0.4) is 0 Å². The van der Waals surface area contributed by atoms with Crippen molar-refractivity contribution < 1.29 is 4.39 Å². The van der Waals surface area contributed by atoms with Crippen LogP contribution in [0.25, 0.3) is 17.3 Å². The first-order valence-corrected chi connectivity index (χ1v) is 7.72. The van der Waals surface area contributed by atoms with Crippen molar-refractivity contribution in [1.29, 1.82) is 5.26 Å². The standard InChI is InChI=1S/C21H17FN2/c1-15-12-18(13-19(14-23)17-6-4-3-5-7-17)16(2)24(15)21-10-8-20(22)9-11-21/h3-13H,1-2H3/b19-13+. The maximum atomic E-state index is 13.2. The third-order valence-electron chi connectivity index (χ3n) is 4.06. The van der Waals surface area contributed by atoms with Crippen LogP contribution in [0, 0.1) is 31.0 Å². The molecule has 0 saturated heterocycles. The Balaban J connectivity index is 2.08. The van der Waals surface area contributed by atoms with E-state index in [0.717, 1.165) is 28.2 Å². The van der Waals surface area contributed by atoms with Crippen LogP contribution in [0.5, 0.6) is 0 Å². The Hall–Kier alpha value is -3.12. The van der Waals surface area contributed by atoms with E-state index in [4.69, 9.17) is 0 Å². The highest BCUT2D eigenvalue weighted by molar-refractivity contribution is 5.90. The van der Waals surface area contributed by atoms with Crippen LogP contribution >= 0.6 is 0 Å². The number of nitrogens with zero attached hydrogens (tertiary/aromatic N) is 2. The molecule has 0 aliphatic rings. The van der Waals surface area contributed by atoms with Crippen molar-refractivity contribution >= 4 is 11.6 Å². The predicted octanol–water partition coefficient (Wildman–Crippen LogP) is 5.30. The maximum Gasteiger partial charge on any atom is 0.123 e. The maximum absolute atomic E-state index is 13.2. The molecule has 0 bridgehead atoms. The van der Waals surface area contributed by atoms with Crippen LogP contribution in [0.2, 0.25) is 0 Å². The molecule has 0 aliphatic heterocycles. The number of allylic oxidation sites excluding steroid dienone is 1. The fraction of sp³-hybridized carbons (Fsp3) is 0.0952. The van der Waals surface area contributed by atoms with Crippen molar-refractivity contribution in [2.45, 2.75) is 13.8 Å². The molecular formula is C21H17FN2. The molecule has 0 unspecified atom stereocenters. The first-order chi connectivity index (χ1) is 11.6. The average molecular weight is 316 g/mol. The van der Waals surface area contributed by atoms with Crippen molar-refractivity contribution in [2.75, 3.05) is 0 Å². The smallest absolute Gasteiger partial charge is 0.123 e. The number of halogens is 1. The number of aromatic nitrogens is 1. The minimum absolute atomic E-state index is 0.253. The molecular weight excluding hydrogens is 299 g/mol. The molecule has 0 aliphatic carbocycles. The molecule has 24 heavy (non-hydrogen) atoms. The van der Waals surface area contributed by atoms with Crippen LogP contribution in [-0.4, -0.2) is 4.57 Å². The van der Waals surface area contributed by atoms with E-state index in [1.165, 1.54) is 12.1 Å². The van der Waals surface area contributed by atoms with Gasteiger partial charge in [-0.1, -0.05) is 30.3 Å². The van der Waals surface area contributed by atoms with Crippen molar-refractivity contribution in [3.63, 3.8) is 0 Å². The molecule has 1 heterocycles. The van der Waals surface area contributed by atoms with Gasteiger partial charge in [-0.2, -0.15) is 5.26 Å². The molecule has 3 heteroatoms. The lowest BCUT2D eigenvalue weighted by molar-refractivity contribution is 0.627. The SMILES string of the molecule is Cc1cc(/C=C(\C#N)c2ccccc2)c(C)n1-c1ccc(F)cc1. The number of hydrogen-bond acceptors (Lipinski definition) is 1. The van der Waals surface area contributed by atoms with Crippen LogP contribution < -0.4 is 0 Å². The predicted molar refractivity (Wildman–Crippen MR) is 95.1 cm³/mol. The Morgan fingerprint density at radius 2 is 1.71 bits per heavy atom. The van der Waals surface area contributed by atoms with Gasteiger partial charge in [0, 0.05) is 17.1 Å². The van der Waals surface area contributed by atoms with E-state index in [0.29, 0.717) is 5.57 Å². The molecule has 0 radical (unpaired) electrons. The first-order valence-electron chi connectivity index (χ1n) is 7.72. The van der Waals surface area contributed by atoms with Crippen molar-refractivity contribution in [3.05, 3.63) is 89.0 Å². The fourth-order valence-electron chi connectivity index (χ4n) is 2.87. The summed E-state index contributed by atoms with van der Waals surface area (Å²) in [6.45, 7) is 4.00. The molecule has 0 N–H and O–H groups in total. The minimum atomic E-state index is -0.253. The number of aryl methyl sites for hydroxylation is 1. The summed E-state index contributed by atoms with van der Waals surface area (Å²) in [4.78, 5) is 0. The van der Waals surface area contributed by atoms with Gasteiger partial charge in [-0.05, 0) is 61.4 Å². The summed E-state index contributed by atoms with van der Waals surface area (Å²) in [5.74, 6) is -0.253. The molecule has 2 aromatic carbocycles. The Morgan fingerprint density at radius 1 is 1.04 bits per heavy atom. The largest absolute Gasteiger partial charge is 0.318 e. The molecule has 3 rings (SSSR count). The Bertz CT molecular complexity index is 926. The normalized spacial score (nSPS) is 11.3. The van der Waals surface area contributed by atoms with E-state index in [-0.39, 0.29) is 5.82 Å². The quantitative estimate of drug-likeness (QED) is 0.603. The second-order valence-corrected chi connectivity index (χ2v) is 5.67. The molecule has 0 atom stereocenters. The van der Waals surface area contributed by atoms with Crippen molar-refractivity contribution in [3.8, 4) is 11.8 Å². The second kappa shape index (κ2) is 6.55. The highest BCUT2D eigenvalue weighted by atomic mass is 19.1. The Morgan fingerprint density at radius 3 is 2.33 bits per heavy atom. The molecule has 0 amide bonds. The Labute approximate surface area is 141 Å². The molecule has 0 fully saturated rings. The van der Waals surface area contributed by atoms with Gasteiger partial charge in [0.05, 0.1) is 11.6 Å². The second-order valence-electron chi connectivity index (χ2n) is 5.67. The highest BCUT2D eigenvalue weighted by Crippen LogP contribution is 2.25. The number of rotatable bonds is 3. The number of nitriles is 1. The van der Waals surface area contributed by atoms with Gasteiger partial charge in [0.1, 0.15) is 5.82 Å². The molecule has 2 nitrogen and oxygen atoms in total. The third-order valence-corrected chi connectivity index (χ3v) is 4.06. The van der Waals surface area contributed by atoms with Gasteiger partial charge in [0.2, 0.25) is 0 Å². The van der Waals surface area contributed by atoms with E-state index in [1.807, 2.05) is 56.3 Å². The van der Waals surface area contributed by atoms with Crippen LogP contribution in [0.4, 0.5) is 4.39 Å². The van der Waals surface area contributed by atoms with Gasteiger partial charge < -0.3 is 4.57 Å². The lowest BCUT2D eigenvalue weighted by Crippen LogP contribution is -1.99. The summed E-state index contributed by atoms with van der Waals surface area (Å²) >= 11 is 0. The van der Waals surface area contributed by atoms with Crippen LogP contribution in [-0.2, 0) is 0 Å². The lowest BCUT2D eigenvalue weighted by atomic mass is 10.0. The third kappa shape index (κ3) is 3.00. The highest BCUT2D eigenvalue weighted by Gasteiger charge is 2.11. The molecule has 118 valence electrons. The zero-order valence-corrected chi connectivity index (χ0v) is 13.6. The van der Waals surface area contributed by atoms with Crippen molar-refractivity contribution in [2.24, 2.45) is 0 Å². The molecule has 0 spiro atoms. The number of hydrogen-bond donors (Lipinski definition) is 0. The summed E-state index contributed by atoms with van der Waals surface area (Å²) < 4.78 is 15.2.